The van der Waals surface area contributed by atoms with E-state index in [9.17, 15) is 0 Å². The van der Waals surface area contributed by atoms with E-state index in [2.05, 4.69) is 60.9 Å². The second-order valence-electron chi connectivity index (χ2n) is 4.98. The molecule has 1 aromatic carbocycles. The summed E-state index contributed by atoms with van der Waals surface area (Å²) in [7, 11) is 0. The van der Waals surface area contributed by atoms with E-state index in [1.807, 2.05) is 6.07 Å². The molecule has 2 heterocycles. The Kier molecular flexibility index (Phi) is 4.34. The standard InChI is InChI=1S/C17H16ClNS2/c1-11-5-3-6-13(12(11)2)19-17(14-7-4-10-20-14)15-8-9-16(18)21-15/h3-10,17,19H,1-2H3. The Morgan fingerprint density at radius 2 is 1.86 bits per heavy atom. The fourth-order valence-corrected chi connectivity index (χ4v) is 4.28. The van der Waals surface area contributed by atoms with Gasteiger partial charge in [-0.25, -0.2) is 0 Å². The third-order valence-corrected chi connectivity index (χ3v) is 5.84. The average molecular weight is 334 g/mol. The van der Waals surface area contributed by atoms with Crippen LogP contribution < -0.4 is 5.32 Å². The molecule has 1 atom stereocenters. The molecule has 1 nitrogen and oxygen atoms in total. The number of nitrogens with one attached hydrogen (secondary N) is 1. The number of thiophene rings is 2. The van der Waals surface area contributed by atoms with Crippen molar-refractivity contribution in [2.45, 2.75) is 19.9 Å². The molecule has 3 aromatic rings. The van der Waals surface area contributed by atoms with Gasteiger partial charge in [0.05, 0.1) is 10.4 Å². The Morgan fingerprint density at radius 1 is 1.00 bits per heavy atom. The molecule has 3 rings (SSSR count). The molecule has 1 N–H and O–H groups in total. The molecular weight excluding hydrogens is 318 g/mol. The summed E-state index contributed by atoms with van der Waals surface area (Å²) in [6.45, 7) is 4.30. The van der Waals surface area contributed by atoms with E-state index in [0.29, 0.717) is 0 Å². The molecule has 2 aromatic heterocycles. The Balaban J connectivity index is 1.99. The first kappa shape index (κ1) is 14.6. The van der Waals surface area contributed by atoms with E-state index in [1.54, 1.807) is 22.7 Å². The SMILES string of the molecule is Cc1cccc(NC(c2cccs2)c2ccc(Cl)s2)c1C. The van der Waals surface area contributed by atoms with Gasteiger partial charge in [0.15, 0.2) is 0 Å². The number of hydrogen-bond acceptors (Lipinski definition) is 3. The van der Waals surface area contributed by atoms with Crippen molar-refractivity contribution in [3.05, 3.63) is 73.1 Å². The molecular formula is C17H16ClNS2. The van der Waals surface area contributed by atoms with Crippen molar-refractivity contribution < 1.29 is 0 Å². The van der Waals surface area contributed by atoms with E-state index in [1.165, 1.54) is 26.6 Å². The molecule has 0 amide bonds. The predicted molar refractivity (Wildman–Crippen MR) is 95.0 cm³/mol. The van der Waals surface area contributed by atoms with Crippen LogP contribution in [0, 0.1) is 13.8 Å². The molecule has 0 spiro atoms. The van der Waals surface area contributed by atoms with E-state index in [-0.39, 0.29) is 6.04 Å². The average Bonchev–Trinajstić information content (AvgIpc) is 3.12. The van der Waals surface area contributed by atoms with Gasteiger partial charge in [0, 0.05) is 15.4 Å². The quantitative estimate of drug-likeness (QED) is 0.592. The lowest BCUT2D eigenvalue weighted by Crippen LogP contribution is -2.10. The lowest BCUT2D eigenvalue weighted by Gasteiger charge is -2.20. The molecule has 1 unspecified atom stereocenters. The largest absolute Gasteiger partial charge is 0.373 e. The van der Waals surface area contributed by atoms with Gasteiger partial charge in [-0.3, -0.25) is 0 Å². The summed E-state index contributed by atoms with van der Waals surface area (Å²) < 4.78 is 0.828. The zero-order valence-corrected chi connectivity index (χ0v) is 14.3. The lowest BCUT2D eigenvalue weighted by molar-refractivity contribution is 0.987. The molecule has 21 heavy (non-hydrogen) atoms. The summed E-state index contributed by atoms with van der Waals surface area (Å²) in [6, 6.07) is 14.9. The van der Waals surface area contributed by atoms with Crippen LogP contribution in [0.5, 0.6) is 0 Å². The summed E-state index contributed by atoms with van der Waals surface area (Å²) in [5.74, 6) is 0. The topological polar surface area (TPSA) is 12.0 Å². The van der Waals surface area contributed by atoms with Crippen LogP contribution in [0.15, 0.2) is 47.8 Å². The van der Waals surface area contributed by atoms with Gasteiger partial charge in [-0.15, -0.1) is 22.7 Å². The number of halogens is 1. The normalized spacial score (nSPS) is 12.3. The highest BCUT2D eigenvalue weighted by molar-refractivity contribution is 7.16. The van der Waals surface area contributed by atoms with Gasteiger partial charge in [-0.1, -0.05) is 29.8 Å². The Labute approximate surface area is 138 Å². The minimum absolute atomic E-state index is 0.156. The van der Waals surface area contributed by atoms with E-state index < -0.39 is 0 Å². The molecule has 0 aliphatic rings. The Hall–Kier alpha value is -1.29. The minimum Gasteiger partial charge on any atom is -0.373 e. The minimum atomic E-state index is 0.156. The maximum atomic E-state index is 6.12. The van der Waals surface area contributed by atoms with E-state index >= 15 is 0 Å². The maximum Gasteiger partial charge on any atom is 0.0954 e. The highest BCUT2D eigenvalue weighted by Gasteiger charge is 2.18. The molecule has 0 saturated heterocycles. The van der Waals surface area contributed by atoms with Crippen LogP contribution in [-0.4, -0.2) is 0 Å². The molecule has 4 heteroatoms. The second-order valence-corrected chi connectivity index (χ2v) is 7.71. The zero-order valence-electron chi connectivity index (χ0n) is 11.9. The second kappa shape index (κ2) is 6.22. The predicted octanol–water partition coefficient (Wildman–Crippen LogP) is 6.28. The molecule has 0 aliphatic heterocycles. The van der Waals surface area contributed by atoms with Crippen molar-refractivity contribution in [1.82, 2.24) is 0 Å². The summed E-state index contributed by atoms with van der Waals surface area (Å²) >= 11 is 9.52. The fourth-order valence-electron chi connectivity index (χ4n) is 2.28. The van der Waals surface area contributed by atoms with Gasteiger partial charge in [0.25, 0.3) is 0 Å². The lowest BCUT2D eigenvalue weighted by atomic mass is 10.1. The monoisotopic (exact) mass is 333 g/mol. The highest BCUT2D eigenvalue weighted by atomic mass is 35.5. The van der Waals surface area contributed by atoms with Crippen molar-refractivity contribution in [1.29, 1.82) is 0 Å². The summed E-state index contributed by atoms with van der Waals surface area (Å²) in [5, 5.41) is 5.80. The van der Waals surface area contributed by atoms with Crippen LogP contribution in [0.3, 0.4) is 0 Å². The number of anilines is 1. The van der Waals surface area contributed by atoms with Gasteiger partial charge < -0.3 is 5.32 Å². The maximum absolute atomic E-state index is 6.12. The molecule has 0 fully saturated rings. The van der Waals surface area contributed by atoms with Crippen LogP contribution in [0.4, 0.5) is 5.69 Å². The number of benzene rings is 1. The molecule has 0 saturated carbocycles. The van der Waals surface area contributed by atoms with Crippen LogP contribution in [0.1, 0.15) is 26.9 Å². The van der Waals surface area contributed by atoms with Gasteiger partial charge in [0.2, 0.25) is 0 Å². The summed E-state index contributed by atoms with van der Waals surface area (Å²) in [6.07, 6.45) is 0. The van der Waals surface area contributed by atoms with Crippen molar-refractivity contribution in [3.8, 4) is 0 Å². The van der Waals surface area contributed by atoms with Gasteiger partial charge in [0.1, 0.15) is 0 Å². The zero-order chi connectivity index (χ0) is 14.8. The molecule has 0 radical (unpaired) electrons. The summed E-state index contributed by atoms with van der Waals surface area (Å²) in [5.41, 5.74) is 3.77. The van der Waals surface area contributed by atoms with Gasteiger partial charge in [-0.2, -0.15) is 0 Å². The number of aryl methyl sites for hydroxylation is 1. The third kappa shape index (κ3) is 3.15. The molecule has 108 valence electrons. The smallest absolute Gasteiger partial charge is 0.0954 e. The number of hydrogen-bond donors (Lipinski definition) is 1. The third-order valence-electron chi connectivity index (χ3n) is 3.61. The fraction of sp³-hybridized carbons (Fsp3) is 0.176. The van der Waals surface area contributed by atoms with Gasteiger partial charge >= 0.3 is 0 Å². The number of rotatable bonds is 4. The van der Waals surface area contributed by atoms with Crippen molar-refractivity contribution >= 4 is 40.0 Å². The van der Waals surface area contributed by atoms with Crippen LogP contribution in [0.2, 0.25) is 4.34 Å². The van der Waals surface area contributed by atoms with Gasteiger partial charge in [-0.05, 0) is 54.6 Å². The first-order valence-electron chi connectivity index (χ1n) is 6.76. The molecule has 0 aliphatic carbocycles. The Bertz CT molecular complexity index is 731. The van der Waals surface area contributed by atoms with Crippen LogP contribution in [-0.2, 0) is 0 Å². The van der Waals surface area contributed by atoms with E-state index in [0.717, 1.165) is 4.34 Å². The Morgan fingerprint density at radius 3 is 2.52 bits per heavy atom. The van der Waals surface area contributed by atoms with Crippen molar-refractivity contribution in [2.75, 3.05) is 5.32 Å². The van der Waals surface area contributed by atoms with E-state index in [4.69, 9.17) is 11.6 Å². The molecule has 0 bridgehead atoms. The van der Waals surface area contributed by atoms with Crippen molar-refractivity contribution in [3.63, 3.8) is 0 Å². The first-order valence-corrected chi connectivity index (χ1v) is 8.84. The van der Waals surface area contributed by atoms with Crippen molar-refractivity contribution in [2.24, 2.45) is 0 Å². The first-order chi connectivity index (χ1) is 10.1. The van der Waals surface area contributed by atoms with Crippen LogP contribution in [0.25, 0.3) is 0 Å². The van der Waals surface area contributed by atoms with Crippen LogP contribution >= 0.6 is 34.3 Å². The summed E-state index contributed by atoms with van der Waals surface area (Å²) in [4.78, 5) is 2.54. The highest BCUT2D eigenvalue weighted by Crippen LogP contribution is 2.36.